The van der Waals surface area contributed by atoms with Gasteiger partial charge in [0.1, 0.15) is 0 Å². The summed E-state index contributed by atoms with van der Waals surface area (Å²) in [6.45, 7) is 1.81. The third-order valence-corrected chi connectivity index (χ3v) is 3.08. The van der Waals surface area contributed by atoms with E-state index in [2.05, 4.69) is 4.90 Å². The molecule has 1 aliphatic rings. The van der Waals surface area contributed by atoms with Crippen molar-refractivity contribution in [3.63, 3.8) is 0 Å². The maximum absolute atomic E-state index is 12.5. The molecule has 4 heteroatoms. The van der Waals surface area contributed by atoms with Gasteiger partial charge in [0.2, 0.25) is 0 Å². The molecule has 1 saturated heterocycles. The van der Waals surface area contributed by atoms with Crippen LogP contribution >= 0.6 is 0 Å². The summed E-state index contributed by atoms with van der Waals surface area (Å²) in [6, 6.07) is 5.70. The molecule has 0 spiro atoms. The fourth-order valence-electron chi connectivity index (χ4n) is 2.18. The highest BCUT2D eigenvalue weighted by atomic mass is 19.4. The molecule has 1 unspecified atom stereocenters. The zero-order valence-electron chi connectivity index (χ0n) is 9.09. The van der Waals surface area contributed by atoms with Crippen LogP contribution in [-0.4, -0.2) is 25.0 Å². The molecule has 0 aromatic heterocycles. The first-order valence-corrected chi connectivity index (χ1v) is 5.32. The predicted octanol–water partition coefficient (Wildman–Crippen LogP) is 3.12. The number of hydrogen-bond acceptors (Lipinski definition) is 1. The largest absolute Gasteiger partial charge is 0.416 e. The Hall–Kier alpha value is -1.03. The van der Waals surface area contributed by atoms with E-state index in [0.717, 1.165) is 31.1 Å². The van der Waals surface area contributed by atoms with Crippen LogP contribution in [0.15, 0.2) is 24.3 Å². The van der Waals surface area contributed by atoms with Crippen LogP contribution in [0.1, 0.15) is 23.5 Å². The van der Waals surface area contributed by atoms with Crippen molar-refractivity contribution in [3.8, 4) is 0 Å². The Kier molecular flexibility index (Phi) is 2.93. The highest BCUT2D eigenvalue weighted by Gasteiger charge is 2.31. The van der Waals surface area contributed by atoms with E-state index >= 15 is 0 Å². The molecule has 0 aliphatic carbocycles. The second-order valence-corrected chi connectivity index (χ2v) is 4.37. The number of halogens is 3. The molecule has 16 heavy (non-hydrogen) atoms. The second kappa shape index (κ2) is 4.09. The van der Waals surface area contributed by atoms with Crippen LogP contribution in [-0.2, 0) is 6.18 Å². The Labute approximate surface area is 92.9 Å². The van der Waals surface area contributed by atoms with Crippen molar-refractivity contribution in [1.82, 2.24) is 4.90 Å². The first-order valence-electron chi connectivity index (χ1n) is 5.32. The van der Waals surface area contributed by atoms with Gasteiger partial charge in [-0.15, -0.1) is 0 Å². The van der Waals surface area contributed by atoms with Gasteiger partial charge in [0.25, 0.3) is 0 Å². The van der Waals surface area contributed by atoms with E-state index in [1.165, 1.54) is 12.1 Å². The summed E-state index contributed by atoms with van der Waals surface area (Å²) in [4.78, 5) is 2.14. The lowest BCUT2D eigenvalue weighted by molar-refractivity contribution is -0.137. The summed E-state index contributed by atoms with van der Waals surface area (Å²) in [7, 11) is 1.99. The van der Waals surface area contributed by atoms with Gasteiger partial charge in [-0.3, -0.25) is 0 Å². The number of likely N-dealkylation sites (tertiary alicyclic amines) is 1. The van der Waals surface area contributed by atoms with Gasteiger partial charge in [0.05, 0.1) is 5.56 Å². The first-order chi connectivity index (χ1) is 7.47. The fourth-order valence-corrected chi connectivity index (χ4v) is 2.18. The molecule has 1 aromatic carbocycles. The summed E-state index contributed by atoms with van der Waals surface area (Å²) in [5, 5.41) is 0. The summed E-state index contributed by atoms with van der Waals surface area (Å²) in [5.74, 6) is 0.243. The van der Waals surface area contributed by atoms with Crippen molar-refractivity contribution in [2.75, 3.05) is 20.1 Å². The number of rotatable bonds is 1. The smallest absolute Gasteiger partial charge is 0.306 e. The topological polar surface area (TPSA) is 3.24 Å². The van der Waals surface area contributed by atoms with Crippen LogP contribution in [0.4, 0.5) is 13.2 Å². The average Bonchev–Trinajstić information content (AvgIpc) is 2.64. The van der Waals surface area contributed by atoms with Crippen molar-refractivity contribution in [3.05, 3.63) is 35.4 Å². The Balaban J connectivity index is 2.23. The van der Waals surface area contributed by atoms with Gasteiger partial charge >= 0.3 is 6.18 Å². The number of alkyl halides is 3. The van der Waals surface area contributed by atoms with E-state index in [4.69, 9.17) is 0 Å². The molecule has 0 radical (unpaired) electrons. The minimum Gasteiger partial charge on any atom is -0.306 e. The maximum Gasteiger partial charge on any atom is 0.416 e. The molecule has 1 heterocycles. The average molecular weight is 229 g/mol. The monoisotopic (exact) mass is 229 g/mol. The molecule has 1 aromatic rings. The van der Waals surface area contributed by atoms with Gasteiger partial charge in [-0.05, 0) is 37.6 Å². The van der Waals surface area contributed by atoms with Gasteiger partial charge in [0, 0.05) is 6.54 Å². The highest BCUT2D eigenvalue weighted by molar-refractivity contribution is 5.29. The SMILES string of the molecule is CN1CCC(c2cccc(C(F)(F)F)c2)C1. The minimum atomic E-state index is -4.24. The number of hydrogen-bond donors (Lipinski definition) is 0. The Morgan fingerprint density at radius 1 is 1.31 bits per heavy atom. The fraction of sp³-hybridized carbons (Fsp3) is 0.500. The molecule has 1 atom stereocenters. The zero-order valence-corrected chi connectivity index (χ0v) is 9.09. The molecular formula is C12H14F3N. The highest BCUT2D eigenvalue weighted by Crippen LogP contribution is 2.33. The Morgan fingerprint density at radius 2 is 2.06 bits per heavy atom. The van der Waals surface area contributed by atoms with E-state index in [1.54, 1.807) is 6.07 Å². The summed E-state index contributed by atoms with van der Waals surface area (Å²) >= 11 is 0. The van der Waals surface area contributed by atoms with Crippen molar-refractivity contribution in [1.29, 1.82) is 0 Å². The van der Waals surface area contributed by atoms with E-state index in [0.29, 0.717) is 0 Å². The van der Waals surface area contributed by atoms with Gasteiger partial charge in [-0.2, -0.15) is 13.2 Å². The lowest BCUT2D eigenvalue weighted by Gasteiger charge is -2.13. The number of nitrogens with zero attached hydrogens (tertiary/aromatic N) is 1. The molecule has 1 nitrogen and oxygen atoms in total. The van der Waals surface area contributed by atoms with Crippen LogP contribution in [0, 0.1) is 0 Å². The molecule has 2 rings (SSSR count). The van der Waals surface area contributed by atoms with Gasteiger partial charge in [-0.25, -0.2) is 0 Å². The third-order valence-electron chi connectivity index (χ3n) is 3.08. The third kappa shape index (κ3) is 2.38. The van der Waals surface area contributed by atoms with E-state index in [-0.39, 0.29) is 5.92 Å². The lowest BCUT2D eigenvalue weighted by atomic mass is 9.96. The Morgan fingerprint density at radius 3 is 2.62 bits per heavy atom. The summed E-state index contributed by atoms with van der Waals surface area (Å²) < 4.78 is 37.6. The minimum absolute atomic E-state index is 0.243. The van der Waals surface area contributed by atoms with Crippen molar-refractivity contribution < 1.29 is 13.2 Å². The van der Waals surface area contributed by atoms with Crippen LogP contribution < -0.4 is 0 Å². The van der Waals surface area contributed by atoms with Gasteiger partial charge < -0.3 is 4.90 Å². The van der Waals surface area contributed by atoms with Crippen LogP contribution in [0.2, 0.25) is 0 Å². The second-order valence-electron chi connectivity index (χ2n) is 4.37. The zero-order chi connectivity index (χ0) is 11.8. The number of likely N-dealkylation sites (N-methyl/N-ethyl adjacent to an activating group) is 1. The number of benzene rings is 1. The predicted molar refractivity (Wildman–Crippen MR) is 56.3 cm³/mol. The van der Waals surface area contributed by atoms with Crippen LogP contribution in [0.5, 0.6) is 0 Å². The van der Waals surface area contributed by atoms with Crippen molar-refractivity contribution in [2.24, 2.45) is 0 Å². The van der Waals surface area contributed by atoms with Crippen molar-refractivity contribution in [2.45, 2.75) is 18.5 Å². The van der Waals surface area contributed by atoms with Crippen molar-refractivity contribution >= 4 is 0 Å². The summed E-state index contributed by atoms with van der Waals surface area (Å²) in [6.07, 6.45) is -3.29. The van der Waals surface area contributed by atoms with Crippen LogP contribution in [0.3, 0.4) is 0 Å². The standard InChI is InChI=1S/C12H14F3N/c1-16-6-5-10(8-16)9-3-2-4-11(7-9)12(13,14)15/h2-4,7,10H,5-6,8H2,1H3. The van der Waals surface area contributed by atoms with Gasteiger partial charge in [0.15, 0.2) is 0 Å². The quantitative estimate of drug-likeness (QED) is 0.715. The van der Waals surface area contributed by atoms with Gasteiger partial charge in [-0.1, -0.05) is 18.2 Å². The molecule has 88 valence electrons. The molecular weight excluding hydrogens is 215 g/mol. The molecule has 0 bridgehead atoms. The van der Waals surface area contributed by atoms with E-state index in [1.807, 2.05) is 7.05 Å². The molecule has 0 saturated carbocycles. The first kappa shape index (κ1) is 11.5. The van der Waals surface area contributed by atoms with Crippen LogP contribution in [0.25, 0.3) is 0 Å². The molecule has 1 aliphatic heterocycles. The normalized spacial score (nSPS) is 22.6. The van der Waals surface area contributed by atoms with E-state index in [9.17, 15) is 13.2 Å². The summed E-state index contributed by atoms with van der Waals surface area (Å²) in [5.41, 5.74) is 0.263. The molecule has 0 amide bonds. The maximum atomic E-state index is 12.5. The van der Waals surface area contributed by atoms with E-state index < -0.39 is 11.7 Å². The molecule has 1 fully saturated rings. The molecule has 0 N–H and O–H groups in total. The Bertz CT molecular complexity index is 373. The lowest BCUT2D eigenvalue weighted by Crippen LogP contribution is -2.13.